The molecule has 1 aliphatic rings. The van der Waals surface area contributed by atoms with Gasteiger partial charge in [-0.2, -0.15) is 0 Å². The third kappa shape index (κ3) is 3.08. The number of benzene rings is 2. The molecule has 24 heavy (non-hydrogen) atoms. The second-order valence-corrected chi connectivity index (χ2v) is 5.65. The van der Waals surface area contributed by atoms with E-state index in [9.17, 15) is 14.0 Å². The van der Waals surface area contributed by atoms with Crippen LogP contribution in [0.4, 0.5) is 20.6 Å². The summed E-state index contributed by atoms with van der Waals surface area (Å²) in [5.41, 5.74) is 0.910. The summed E-state index contributed by atoms with van der Waals surface area (Å²) < 4.78 is 13.6. The molecule has 1 atom stereocenters. The molecular formula is C18H18FN3O2. The molecule has 3 amide bonds. The Morgan fingerprint density at radius 3 is 2.54 bits per heavy atom. The minimum atomic E-state index is -0.558. The quantitative estimate of drug-likeness (QED) is 0.942. The number of rotatable bonds is 3. The maximum atomic E-state index is 13.6. The zero-order chi connectivity index (χ0) is 17.1. The molecule has 1 aliphatic heterocycles. The zero-order valence-electron chi connectivity index (χ0n) is 13.3. The number of halogens is 1. The van der Waals surface area contributed by atoms with Crippen LogP contribution in [0.2, 0.25) is 0 Å². The Morgan fingerprint density at radius 2 is 1.83 bits per heavy atom. The van der Waals surface area contributed by atoms with E-state index in [0.717, 1.165) is 5.69 Å². The fraction of sp³-hybridized carbons (Fsp3) is 0.222. The van der Waals surface area contributed by atoms with E-state index >= 15 is 0 Å². The molecule has 5 nitrogen and oxygen atoms in total. The summed E-state index contributed by atoms with van der Waals surface area (Å²) >= 11 is 0. The van der Waals surface area contributed by atoms with Gasteiger partial charge in [0.25, 0.3) is 0 Å². The molecule has 0 bridgehead atoms. The molecule has 1 N–H and O–H groups in total. The van der Waals surface area contributed by atoms with E-state index < -0.39 is 17.9 Å². The van der Waals surface area contributed by atoms with Gasteiger partial charge in [0.1, 0.15) is 11.9 Å². The van der Waals surface area contributed by atoms with Crippen molar-refractivity contribution in [3.63, 3.8) is 0 Å². The summed E-state index contributed by atoms with van der Waals surface area (Å²) in [5, 5.41) is 2.50. The minimum Gasteiger partial charge on any atom is -0.315 e. The van der Waals surface area contributed by atoms with Crippen molar-refractivity contribution in [1.82, 2.24) is 4.90 Å². The van der Waals surface area contributed by atoms with E-state index in [0.29, 0.717) is 13.0 Å². The van der Waals surface area contributed by atoms with Gasteiger partial charge in [0.05, 0.1) is 5.69 Å². The fourth-order valence-corrected chi connectivity index (χ4v) is 2.80. The van der Waals surface area contributed by atoms with Gasteiger partial charge in [-0.3, -0.25) is 4.79 Å². The second-order valence-electron chi connectivity index (χ2n) is 5.65. The van der Waals surface area contributed by atoms with E-state index in [4.69, 9.17) is 0 Å². The van der Waals surface area contributed by atoms with Crippen LogP contribution in [-0.4, -0.2) is 36.5 Å². The third-order valence-corrected chi connectivity index (χ3v) is 4.15. The van der Waals surface area contributed by atoms with Crippen LogP contribution in [0.3, 0.4) is 0 Å². The van der Waals surface area contributed by atoms with E-state index in [1.54, 1.807) is 24.1 Å². The number of para-hydroxylation sites is 2. The van der Waals surface area contributed by atoms with Gasteiger partial charge in [-0.05, 0) is 30.7 Å². The van der Waals surface area contributed by atoms with Crippen molar-refractivity contribution in [2.75, 3.05) is 23.8 Å². The first-order valence-electron chi connectivity index (χ1n) is 7.72. The SMILES string of the molecule is CN(C(=O)Nc1ccccc1F)[C@@H]1CCN(c2ccccc2)C1=O. The Labute approximate surface area is 139 Å². The molecule has 124 valence electrons. The molecular weight excluding hydrogens is 309 g/mol. The average molecular weight is 327 g/mol. The van der Waals surface area contributed by atoms with Crippen LogP contribution in [0.25, 0.3) is 0 Å². The van der Waals surface area contributed by atoms with Crippen molar-refractivity contribution in [2.24, 2.45) is 0 Å². The first-order valence-corrected chi connectivity index (χ1v) is 7.72. The predicted octanol–water partition coefficient (Wildman–Crippen LogP) is 3.09. The highest BCUT2D eigenvalue weighted by Crippen LogP contribution is 2.24. The highest BCUT2D eigenvalue weighted by atomic mass is 19.1. The van der Waals surface area contributed by atoms with Crippen molar-refractivity contribution in [3.8, 4) is 0 Å². The lowest BCUT2D eigenvalue weighted by Gasteiger charge is -2.24. The van der Waals surface area contributed by atoms with Crippen LogP contribution in [-0.2, 0) is 4.79 Å². The number of nitrogens with zero attached hydrogens (tertiary/aromatic N) is 2. The van der Waals surface area contributed by atoms with Gasteiger partial charge >= 0.3 is 6.03 Å². The smallest absolute Gasteiger partial charge is 0.315 e. The van der Waals surface area contributed by atoms with Crippen LogP contribution in [0, 0.1) is 5.82 Å². The Balaban J connectivity index is 1.69. The van der Waals surface area contributed by atoms with Crippen LogP contribution in [0.15, 0.2) is 54.6 Å². The number of hydrogen-bond donors (Lipinski definition) is 1. The Hall–Kier alpha value is -2.89. The fourth-order valence-electron chi connectivity index (χ4n) is 2.80. The van der Waals surface area contributed by atoms with Crippen molar-refractivity contribution < 1.29 is 14.0 Å². The number of carbonyl (C=O) groups excluding carboxylic acids is 2. The highest BCUT2D eigenvalue weighted by Gasteiger charge is 2.37. The van der Waals surface area contributed by atoms with Gasteiger partial charge < -0.3 is 15.1 Å². The van der Waals surface area contributed by atoms with Gasteiger partial charge in [0, 0.05) is 19.3 Å². The zero-order valence-corrected chi connectivity index (χ0v) is 13.3. The van der Waals surface area contributed by atoms with Gasteiger partial charge in [-0.15, -0.1) is 0 Å². The summed E-state index contributed by atoms with van der Waals surface area (Å²) in [4.78, 5) is 27.9. The molecule has 1 fully saturated rings. The molecule has 0 aliphatic carbocycles. The normalized spacial score (nSPS) is 17.0. The van der Waals surface area contributed by atoms with Gasteiger partial charge in [-0.1, -0.05) is 30.3 Å². The van der Waals surface area contributed by atoms with Crippen LogP contribution < -0.4 is 10.2 Å². The lowest BCUT2D eigenvalue weighted by Crippen LogP contribution is -2.44. The first-order chi connectivity index (χ1) is 11.6. The number of hydrogen-bond acceptors (Lipinski definition) is 2. The molecule has 0 spiro atoms. The molecule has 6 heteroatoms. The van der Waals surface area contributed by atoms with Crippen molar-refractivity contribution in [3.05, 3.63) is 60.4 Å². The lowest BCUT2D eigenvalue weighted by atomic mass is 10.2. The molecule has 1 saturated heterocycles. The molecule has 0 saturated carbocycles. The number of likely N-dealkylation sites (N-methyl/N-ethyl adjacent to an activating group) is 1. The van der Waals surface area contributed by atoms with E-state index in [2.05, 4.69) is 5.32 Å². The summed E-state index contributed by atoms with van der Waals surface area (Å²) in [5.74, 6) is -0.643. The molecule has 1 heterocycles. The molecule has 2 aromatic carbocycles. The summed E-state index contributed by atoms with van der Waals surface area (Å²) in [6, 6.07) is 14.2. The van der Waals surface area contributed by atoms with Crippen molar-refractivity contribution >= 4 is 23.3 Å². The van der Waals surface area contributed by atoms with Gasteiger partial charge in [-0.25, -0.2) is 9.18 Å². The minimum absolute atomic E-state index is 0.0970. The van der Waals surface area contributed by atoms with Crippen LogP contribution in [0.5, 0.6) is 0 Å². The van der Waals surface area contributed by atoms with E-state index in [-0.39, 0.29) is 11.6 Å². The van der Waals surface area contributed by atoms with Crippen molar-refractivity contribution in [1.29, 1.82) is 0 Å². The van der Waals surface area contributed by atoms with Crippen molar-refractivity contribution in [2.45, 2.75) is 12.5 Å². The Morgan fingerprint density at radius 1 is 1.17 bits per heavy atom. The molecule has 0 unspecified atom stereocenters. The highest BCUT2D eigenvalue weighted by molar-refractivity contribution is 6.02. The second kappa shape index (κ2) is 6.70. The molecule has 0 radical (unpaired) electrons. The van der Waals surface area contributed by atoms with Gasteiger partial charge in [0.15, 0.2) is 0 Å². The monoisotopic (exact) mass is 327 g/mol. The first kappa shape index (κ1) is 16.0. The molecule has 3 rings (SSSR count). The summed E-state index contributed by atoms with van der Waals surface area (Å²) in [6.07, 6.45) is 0.537. The average Bonchev–Trinajstić information content (AvgIpc) is 2.98. The number of amides is 3. The third-order valence-electron chi connectivity index (χ3n) is 4.15. The predicted molar refractivity (Wildman–Crippen MR) is 90.4 cm³/mol. The lowest BCUT2D eigenvalue weighted by molar-refractivity contribution is -0.120. The Bertz CT molecular complexity index is 751. The summed E-state index contributed by atoms with van der Waals surface area (Å²) in [6.45, 7) is 0.546. The maximum absolute atomic E-state index is 13.6. The van der Waals surface area contributed by atoms with Crippen LogP contribution in [0.1, 0.15) is 6.42 Å². The van der Waals surface area contributed by atoms with E-state index in [1.165, 1.54) is 17.0 Å². The standard InChI is InChI=1S/C18H18FN3O2/c1-21(18(24)20-15-10-6-5-9-14(15)19)16-11-12-22(17(16)23)13-7-3-2-4-8-13/h2-10,16H,11-12H2,1H3,(H,20,24)/t16-/m1/s1. The Kier molecular flexibility index (Phi) is 4.46. The van der Waals surface area contributed by atoms with Crippen LogP contribution >= 0.6 is 0 Å². The largest absolute Gasteiger partial charge is 0.322 e. The van der Waals surface area contributed by atoms with E-state index in [1.807, 2.05) is 30.3 Å². The summed E-state index contributed by atoms with van der Waals surface area (Å²) in [7, 11) is 1.55. The number of urea groups is 1. The number of nitrogens with one attached hydrogen (secondary N) is 1. The van der Waals surface area contributed by atoms with Gasteiger partial charge in [0.2, 0.25) is 5.91 Å². The molecule has 0 aromatic heterocycles. The topological polar surface area (TPSA) is 52.7 Å². The number of carbonyl (C=O) groups is 2. The number of anilines is 2. The molecule has 2 aromatic rings. The maximum Gasteiger partial charge on any atom is 0.322 e.